The first-order valence-corrected chi connectivity index (χ1v) is 7.64. The number of benzene rings is 1. The summed E-state index contributed by atoms with van der Waals surface area (Å²) in [6.07, 6.45) is 4.31. The smallest absolute Gasteiger partial charge is 0.128 e. The number of nitrogens with one attached hydrogen (secondary N) is 1. The molecule has 2 heteroatoms. The summed E-state index contributed by atoms with van der Waals surface area (Å²) in [7, 11) is 1.99. The first-order valence-electron chi connectivity index (χ1n) is 7.64. The van der Waals surface area contributed by atoms with Gasteiger partial charge in [0.25, 0.3) is 0 Å². The van der Waals surface area contributed by atoms with E-state index in [0.29, 0.717) is 5.92 Å². The lowest BCUT2D eigenvalue weighted by molar-refractivity contribution is 0.377. The molecule has 0 saturated heterocycles. The van der Waals surface area contributed by atoms with Crippen LogP contribution in [0.2, 0.25) is 0 Å². The van der Waals surface area contributed by atoms with E-state index in [2.05, 4.69) is 5.32 Å². The van der Waals surface area contributed by atoms with Crippen molar-refractivity contribution in [2.45, 2.75) is 32.2 Å². The van der Waals surface area contributed by atoms with Gasteiger partial charge in [0.05, 0.1) is 0 Å². The lowest BCUT2D eigenvalue weighted by atomic mass is 9.92. The Morgan fingerprint density at radius 2 is 1.89 bits per heavy atom. The minimum atomic E-state index is -0.0396. The van der Waals surface area contributed by atoms with Crippen LogP contribution in [-0.4, -0.2) is 7.05 Å². The average molecular weight is 259 g/mol. The number of rotatable bonds is 3. The molecule has 1 aromatic rings. The third-order valence-corrected chi connectivity index (χ3v) is 5.98. The molecule has 3 fully saturated rings. The van der Waals surface area contributed by atoms with Gasteiger partial charge in [0.2, 0.25) is 0 Å². The molecule has 0 radical (unpaired) electrons. The molecule has 102 valence electrons. The van der Waals surface area contributed by atoms with Crippen LogP contribution in [0.5, 0.6) is 0 Å². The first kappa shape index (κ1) is 11.9. The second-order valence-corrected chi connectivity index (χ2v) is 6.86. The summed E-state index contributed by atoms with van der Waals surface area (Å²) in [5.41, 5.74) is 2.05. The predicted octanol–water partition coefficient (Wildman–Crippen LogP) is 3.69. The Hall–Kier alpha value is -0.890. The molecule has 0 aromatic heterocycles. The molecule has 0 aliphatic heterocycles. The van der Waals surface area contributed by atoms with Crippen LogP contribution in [0.3, 0.4) is 0 Å². The Balaban J connectivity index is 1.64. The maximum Gasteiger partial charge on any atom is 0.128 e. The van der Waals surface area contributed by atoms with Crippen molar-refractivity contribution in [1.82, 2.24) is 5.32 Å². The van der Waals surface area contributed by atoms with E-state index in [-0.39, 0.29) is 11.9 Å². The van der Waals surface area contributed by atoms with Crippen molar-refractivity contribution in [3.05, 3.63) is 35.1 Å². The van der Waals surface area contributed by atoms with E-state index in [9.17, 15) is 4.39 Å². The van der Waals surface area contributed by atoms with Crippen LogP contribution in [-0.2, 0) is 0 Å². The van der Waals surface area contributed by atoms with Crippen molar-refractivity contribution in [2.24, 2.45) is 29.6 Å². The standard InChI is InChI=1S/C17H22FN/c1-9-3-6-13(18)12(7-9)17(19-2)16-14-10-4-5-11(8-10)15(14)16/h3,6-7,10-11,14-17,19H,4-5,8H2,1-2H3. The number of hydrogen-bond acceptors (Lipinski definition) is 1. The maximum absolute atomic E-state index is 14.1. The molecule has 0 heterocycles. The summed E-state index contributed by atoms with van der Waals surface area (Å²) < 4.78 is 14.1. The Morgan fingerprint density at radius 3 is 2.53 bits per heavy atom. The van der Waals surface area contributed by atoms with Crippen molar-refractivity contribution < 1.29 is 4.39 Å². The second kappa shape index (κ2) is 4.05. The van der Waals surface area contributed by atoms with Crippen LogP contribution in [0, 0.1) is 42.3 Å². The van der Waals surface area contributed by atoms with Gasteiger partial charge in [-0.2, -0.15) is 0 Å². The molecule has 3 aliphatic rings. The second-order valence-electron chi connectivity index (χ2n) is 6.86. The van der Waals surface area contributed by atoms with Crippen molar-refractivity contribution in [3.8, 4) is 0 Å². The third-order valence-electron chi connectivity index (χ3n) is 5.98. The molecule has 5 unspecified atom stereocenters. The zero-order chi connectivity index (χ0) is 13.1. The fraction of sp³-hybridized carbons (Fsp3) is 0.647. The Bertz CT molecular complexity index is 496. The summed E-state index contributed by atoms with van der Waals surface area (Å²) in [6.45, 7) is 2.05. The van der Waals surface area contributed by atoms with Gasteiger partial charge < -0.3 is 5.32 Å². The highest BCUT2D eigenvalue weighted by atomic mass is 19.1. The van der Waals surface area contributed by atoms with E-state index in [4.69, 9.17) is 0 Å². The van der Waals surface area contributed by atoms with Crippen LogP contribution >= 0.6 is 0 Å². The van der Waals surface area contributed by atoms with Gasteiger partial charge in [0, 0.05) is 11.6 Å². The average Bonchev–Trinajstić information content (AvgIpc) is 2.82. The van der Waals surface area contributed by atoms with E-state index in [1.54, 1.807) is 6.07 Å². The fourth-order valence-corrected chi connectivity index (χ4v) is 5.30. The van der Waals surface area contributed by atoms with E-state index in [1.807, 2.05) is 26.1 Å². The summed E-state index contributed by atoms with van der Waals surface area (Å²) in [5.74, 6) is 4.31. The number of halogens is 1. The van der Waals surface area contributed by atoms with Crippen LogP contribution in [0.25, 0.3) is 0 Å². The van der Waals surface area contributed by atoms with Crippen LogP contribution < -0.4 is 5.32 Å². The van der Waals surface area contributed by atoms with Crippen LogP contribution in [0.4, 0.5) is 4.39 Å². The molecule has 3 saturated carbocycles. The van der Waals surface area contributed by atoms with E-state index in [1.165, 1.54) is 19.3 Å². The number of aryl methyl sites for hydroxylation is 1. The lowest BCUT2D eigenvalue weighted by Gasteiger charge is -2.21. The Morgan fingerprint density at radius 1 is 1.21 bits per heavy atom. The van der Waals surface area contributed by atoms with E-state index >= 15 is 0 Å². The van der Waals surface area contributed by atoms with Gasteiger partial charge >= 0.3 is 0 Å². The Labute approximate surface area is 114 Å². The van der Waals surface area contributed by atoms with Crippen LogP contribution in [0.1, 0.15) is 36.4 Å². The fourth-order valence-electron chi connectivity index (χ4n) is 5.30. The van der Waals surface area contributed by atoms with Crippen molar-refractivity contribution >= 4 is 0 Å². The van der Waals surface area contributed by atoms with Crippen molar-refractivity contribution in [1.29, 1.82) is 0 Å². The van der Waals surface area contributed by atoms with Crippen molar-refractivity contribution in [2.75, 3.05) is 7.05 Å². The normalized spacial score (nSPS) is 40.3. The number of hydrogen-bond donors (Lipinski definition) is 1. The lowest BCUT2D eigenvalue weighted by Crippen LogP contribution is -2.23. The van der Waals surface area contributed by atoms with Gasteiger partial charge in [-0.15, -0.1) is 0 Å². The minimum absolute atomic E-state index is 0.0396. The summed E-state index contributed by atoms with van der Waals surface area (Å²) in [5, 5.41) is 3.41. The molecule has 3 aliphatic carbocycles. The van der Waals surface area contributed by atoms with E-state index in [0.717, 1.165) is 34.8 Å². The molecular formula is C17H22FN. The predicted molar refractivity (Wildman–Crippen MR) is 74.2 cm³/mol. The highest BCUT2D eigenvalue weighted by molar-refractivity contribution is 5.30. The quantitative estimate of drug-likeness (QED) is 0.873. The SMILES string of the molecule is CNC(c1cc(C)ccc1F)C1C2C3CCC(C3)C21. The molecular weight excluding hydrogens is 237 g/mol. The largest absolute Gasteiger partial charge is 0.313 e. The summed E-state index contributed by atoms with van der Waals surface area (Å²) in [4.78, 5) is 0. The zero-order valence-corrected chi connectivity index (χ0v) is 11.7. The van der Waals surface area contributed by atoms with Gasteiger partial charge in [0.1, 0.15) is 5.82 Å². The highest BCUT2D eigenvalue weighted by Gasteiger charge is 2.66. The van der Waals surface area contributed by atoms with Gasteiger partial charge in [-0.1, -0.05) is 17.7 Å². The number of fused-ring (bicyclic) bond motifs is 5. The molecule has 1 nitrogen and oxygen atoms in total. The van der Waals surface area contributed by atoms with Gasteiger partial charge in [-0.05, 0) is 68.9 Å². The molecule has 4 rings (SSSR count). The van der Waals surface area contributed by atoms with Gasteiger partial charge in [0.15, 0.2) is 0 Å². The zero-order valence-electron chi connectivity index (χ0n) is 11.7. The van der Waals surface area contributed by atoms with Gasteiger partial charge in [-0.25, -0.2) is 4.39 Å². The first-order chi connectivity index (χ1) is 9.20. The molecule has 5 atom stereocenters. The topological polar surface area (TPSA) is 12.0 Å². The van der Waals surface area contributed by atoms with E-state index < -0.39 is 0 Å². The Kier molecular flexibility index (Phi) is 2.54. The maximum atomic E-state index is 14.1. The third kappa shape index (κ3) is 1.62. The molecule has 1 aromatic carbocycles. The molecule has 1 N–H and O–H groups in total. The van der Waals surface area contributed by atoms with Crippen molar-refractivity contribution in [3.63, 3.8) is 0 Å². The molecule has 0 spiro atoms. The molecule has 2 bridgehead atoms. The van der Waals surface area contributed by atoms with Gasteiger partial charge in [-0.3, -0.25) is 0 Å². The van der Waals surface area contributed by atoms with Crippen LogP contribution in [0.15, 0.2) is 18.2 Å². The monoisotopic (exact) mass is 259 g/mol. The molecule has 19 heavy (non-hydrogen) atoms. The minimum Gasteiger partial charge on any atom is -0.313 e. The highest BCUT2D eigenvalue weighted by Crippen LogP contribution is 2.72. The summed E-state index contributed by atoms with van der Waals surface area (Å²) in [6, 6.07) is 5.75. The molecule has 0 amide bonds. The summed E-state index contributed by atoms with van der Waals surface area (Å²) >= 11 is 0.